The SMILES string of the molecule is C=C=C[C@]1(C)C(=O)[C@@H]2OC[C@]3(C(=O)OC)[C@H](O[Si](CC)(CC)CC)C[C@H](O[Si](CC)(CC)CC)[C@@]4(CO[C@](OCc5ccccc5)(C(=O)OC)[C@H]41)[C@@H]23. The first-order valence-corrected chi connectivity index (χ1v) is 24.3. The molecule has 52 heavy (non-hydrogen) atoms. The Balaban J connectivity index is 1.86. The van der Waals surface area contributed by atoms with Crippen molar-refractivity contribution < 1.29 is 46.9 Å². The Kier molecular flexibility index (Phi) is 12.1. The first-order valence-electron chi connectivity index (χ1n) is 19.2. The molecule has 2 saturated heterocycles. The van der Waals surface area contributed by atoms with Crippen LogP contribution in [0.25, 0.3) is 0 Å². The maximum absolute atomic E-state index is 15.2. The van der Waals surface area contributed by atoms with Gasteiger partial charge in [-0.25, -0.2) is 4.79 Å². The van der Waals surface area contributed by atoms with E-state index in [4.69, 9.17) is 32.5 Å². The van der Waals surface area contributed by atoms with Crippen molar-refractivity contribution in [1.29, 1.82) is 0 Å². The van der Waals surface area contributed by atoms with Gasteiger partial charge in [0.25, 0.3) is 5.79 Å². The number of ketones is 1. The van der Waals surface area contributed by atoms with Crippen LogP contribution in [0.3, 0.4) is 0 Å². The highest BCUT2D eigenvalue weighted by atomic mass is 28.4. The summed E-state index contributed by atoms with van der Waals surface area (Å²) in [6.45, 7) is 18.6. The van der Waals surface area contributed by atoms with E-state index < -0.39 is 80.8 Å². The number of hydrogen-bond donors (Lipinski definition) is 0. The summed E-state index contributed by atoms with van der Waals surface area (Å²) in [6, 6.07) is 14.7. The van der Waals surface area contributed by atoms with Gasteiger partial charge in [0.2, 0.25) is 0 Å². The molecule has 1 spiro atoms. The van der Waals surface area contributed by atoms with E-state index in [2.05, 4.69) is 53.9 Å². The summed E-state index contributed by atoms with van der Waals surface area (Å²) in [5.41, 5.74) is -0.300. The fourth-order valence-corrected chi connectivity index (χ4v) is 16.4. The highest BCUT2D eigenvalue weighted by Crippen LogP contribution is 2.73. The van der Waals surface area contributed by atoms with Crippen molar-refractivity contribution in [3.8, 4) is 0 Å². The first kappa shape index (κ1) is 40.8. The van der Waals surface area contributed by atoms with E-state index in [1.165, 1.54) is 14.2 Å². The number of carbonyl (C=O) groups excluding carboxylic acids is 3. The number of ether oxygens (including phenoxy) is 5. The summed E-state index contributed by atoms with van der Waals surface area (Å²) in [6.07, 6.45) is -0.333. The molecule has 10 nitrogen and oxygen atoms in total. The third-order valence-corrected chi connectivity index (χ3v) is 23.1. The number of Topliss-reactive ketones (excluding diaryl/α,β-unsaturated/α-hetero) is 1. The van der Waals surface area contributed by atoms with Crippen LogP contribution >= 0.6 is 0 Å². The summed E-state index contributed by atoms with van der Waals surface area (Å²) in [7, 11) is -2.10. The number of benzene rings is 1. The van der Waals surface area contributed by atoms with Gasteiger partial charge in [0.1, 0.15) is 11.5 Å². The van der Waals surface area contributed by atoms with E-state index in [1.807, 2.05) is 30.3 Å². The smallest absolute Gasteiger partial charge is 0.366 e. The lowest BCUT2D eigenvalue weighted by molar-refractivity contribution is -0.266. The van der Waals surface area contributed by atoms with E-state index in [9.17, 15) is 9.59 Å². The van der Waals surface area contributed by atoms with Gasteiger partial charge in [-0.05, 0) is 61.2 Å². The quantitative estimate of drug-likeness (QED) is 0.0993. The van der Waals surface area contributed by atoms with Crippen LogP contribution in [0.5, 0.6) is 0 Å². The normalized spacial score (nSPS) is 35.3. The lowest BCUT2D eigenvalue weighted by atomic mass is 9.40. The maximum atomic E-state index is 15.2. The fraction of sp³-hybridized carbons (Fsp3) is 0.700. The molecule has 4 fully saturated rings. The predicted molar refractivity (Wildman–Crippen MR) is 201 cm³/mol. The summed E-state index contributed by atoms with van der Waals surface area (Å²) < 4.78 is 46.4. The number of esters is 2. The van der Waals surface area contributed by atoms with Crippen LogP contribution in [0.1, 0.15) is 60.5 Å². The molecular weight excluding hydrogens is 697 g/mol. The monoisotopic (exact) mass is 756 g/mol. The highest BCUT2D eigenvalue weighted by Gasteiger charge is 2.86. The standard InChI is InChI=1S/C40H60O10Si2/c1-11-23-37(8)33(41)31-32-38(27-48-40(34(37)38,36(43)45-10)47-25-28-21-19-18-20-22-28)29(49-51(12-2,13-3)14-4)24-30(50-52(15-5,16-6)17-7)39(32,26-46-31)35(42)44-9/h18-23,29-32,34H,1,12-17,24-27H2,2-10H3/t29-,30+,31+,32+,34-,37+,38-,39-,40-/m0/s1. The molecular formula is C40H60O10Si2. The maximum Gasteiger partial charge on any atom is 0.366 e. The third-order valence-electron chi connectivity index (χ3n) is 13.8. The molecule has 2 heterocycles. The van der Waals surface area contributed by atoms with Crippen LogP contribution in [0, 0.1) is 28.1 Å². The number of rotatable bonds is 16. The van der Waals surface area contributed by atoms with E-state index in [-0.39, 0.29) is 25.6 Å². The fourth-order valence-electron chi connectivity index (χ4n) is 10.5. The summed E-state index contributed by atoms with van der Waals surface area (Å²) >= 11 is 0. The Hall–Kier alpha value is -2.42. The van der Waals surface area contributed by atoms with Gasteiger partial charge in [0.15, 0.2) is 22.4 Å². The molecule has 2 aliphatic heterocycles. The molecule has 2 saturated carbocycles. The molecule has 1 aromatic rings. The van der Waals surface area contributed by atoms with E-state index in [1.54, 1.807) is 13.0 Å². The largest absolute Gasteiger partial charge is 0.468 e. The molecule has 288 valence electrons. The molecule has 4 aliphatic rings. The molecule has 5 rings (SSSR count). The van der Waals surface area contributed by atoms with Gasteiger partial charge in [-0.3, -0.25) is 9.59 Å². The van der Waals surface area contributed by atoms with Crippen LogP contribution < -0.4 is 0 Å². The Morgan fingerprint density at radius 3 is 1.96 bits per heavy atom. The molecule has 0 amide bonds. The molecule has 12 heteroatoms. The summed E-state index contributed by atoms with van der Waals surface area (Å²) in [5.74, 6) is -5.46. The van der Waals surface area contributed by atoms with Crippen LogP contribution in [0.2, 0.25) is 36.3 Å². The molecule has 0 aromatic heterocycles. The molecule has 9 atom stereocenters. The van der Waals surface area contributed by atoms with Gasteiger partial charge < -0.3 is 32.5 Å². The van der Waals surface area contributed by atoms with Crippen molar-refractivity contribution >= 4 is 34.4 Å². The summed E-state index contributed by atoms with van der Waals surface area (Å²) in [5, 5.41) is 0. The first-order chi connectivity index (χ1) is 24.8. The van der Waals surface area contributed by atoms with E-state index in [0.29, 0.717) is 6.42 Å². The second-order valence-electron chi connectivity index (χ2n) is 15.4. The van der Waals surface area contributed by atoms with Crippen LogP contribution in [-0.4, -0.2) is 85.9 Å². The predicted octanol–water partition coefficient (Wildman–Crippen LogP) is 6.99. The lowest BCUT2D eigenvalue weighted by Crippen LogP contribution is -2.76. The minimum atomic E-state index is -2.41. The van der Waals surface area contributed by atoms with Crippen molar-refractivity contribution in [2.24, 2.45) is 28.1 Å². The van der Waals surface area contributed by atoms with Crippen molar-refractivity contribution in [1.82, 2.24) is 0 Å². The Bertz CT molecular complexity index is 1510. The zero-order chi connectivity index (χ0) is 38.2. The van der Waals surface area contributed by atoms with Gasteiger partial charge in [-0.2, -0.15) is 0 Å². The van der Waals surface area contributed by atoms with Crippen LogP contribution in [-0.2, 0) is 53.5 Å². The minimum absolute atomic E-state index is 0.00375. The zero-order valence-electron chi connectivity index (χ0n) is 32.7. The number of methoxy groups -OCH3 is 2. The molecule has 1 aromatic carbocycles. The molecule has 0 bridgehead atoms. The number of hydrogen-bond acceptors (Lipinski definition) is 10. The number of allylic oxidation sites excluding steroid dienone is 1. The van der Waals surface area contributed by atoms with E-state index in [0.717, 1.165) is 41.8 Å². The Morgan fingerprint density at radius 2 is 1.44 bits per heavy atom. The third kappa shape index (κ3) is 5.87. The van der Waals surface area contributed by atoms with Crippen LogP contribution in [0.4, 0.5) is 0 Å². The number of carbonyl (C=O) groups is 3. The van der Waals surface area contributed by atoms with Gasteiger partial charge >= 0.3 is 11.9 Å². The molecule has 0 unspecified atom stereocenters. The van der Waals surface area contributed by atoms with Crippen LogP contribution in [0.15, 0.2) is 48.7 Å². The van der Waals surface area contributed by atoms with E-state index >= 15 is 4.79 Å². The molecule has 0 radical (unpaired) electrons. The lowest BCUT2D eigenvalue weighted by Gasteiger charge is -2.64. The second kappa shape index (κ2) is 15.4. The van der Waals surface area contributed by atoms with Crippen molar-refractivity contribution in [3.05, 3.63) is 54.3 Å². The van der Waals surface area contributed by atoms with Crippen molar-refractivity contribution in [3.63, 3.8) is 0 Å². The highest BCUT2D eigenvalue weighted by molar-refractivity contribution is 6.74. The van der Waals surface area contributed by atoms with Crippen molar-refractivity contribution in [2.75, 3.05) is 27.4 Å². The molecule has 0 N–H and O–H groups in total. The summed E-state index contributed by atoms with van der Waals surface area (Å²) in [4.78, 5) is 44.3. The average Bonchev–Trinajstić information content (AvgIpc) is 3.76. The molecule has 2 aliphatic carbocycles. The van der Waals surface area contributed by atoms with Gasteiger partial charge in [-0.1, -0.05) is 78.5 Å². The van der Waals surface area contributed by atoms with Gasteiger partial charge in [-0.15, -0.1) is 5.73 Å². The zero-order valence-corrected chi connectivity index (χ0v) is 34.7. The topological polar surface area (TPSA) is 116 Å². The average molecular weight is 757 g/mol. The van der Waals surface area contributed by atoms with Gasteiger partial charge in [0.05, 0.1) is 57.6 Å². The Morgan fingerprint density at radius 1 is 0.885 bits per heavy atom. The second-order valence-corrected chi connectivity index (χ2v) is 24.9. The Labute approximate surface area is 312 Å². The van der Waals surface area contributed by atoms with Crippen molar-refractivity contribution in [2.45, 2.75) is 122 Å². The minimum Gasteiger partial charge on any atom is -0.468 e. The van der Waals surface area contributed by atoms with Gasteiger partial charge in [0, 0.05) is 11.3 Å².